The van der Waals surface area contributed by atoms with E-state index >= 15 is 0 Å². The van der Waals surface area contributed by atoms with Gasteiger partial charge >= 0.3 is 0 Å². The van der Waals surface area contributed by atoms with Crippen LogP contribution in [0.2, 0.25) is 0 Å². The van der Waals surface area contributed by atoms with E-state index in [4.69, 9.17) is 10.5 Å². The number of benzene rings is 2. The zero-order valence-electron chi connectivity index (χ0n) is 15.7. The summed E-state index contributed by atoms with van der Waals surface area (Å²) in [5.74, 6) is 2.00. The zero-order valence-corrected chi connectivity index (χ0v) is 19.6. The number of hydrogen-bond donors (Lipinski definition) is 2. The van der Waals surface area contributed by atoms with Crippen LogP contribution in [-0.4, -0.2) is 32.2 Å². The third-order valence-corrected chi connectivity index (χ3v) is 5.81. The second-order valence-corrected chi connectivity index (χ2v) is 8.09. The highest BCUT2D eigenvalue weighted by Crippen LogP contribution is 2.31. The lowest BCUT2D eigenvalue weighted by Gasteiger charge is -2.27. The molecule has 2 aromatic rings. The van der Waals surface area contributed by atoms with Crippen molar-refractivity contribution in [3.63, 3.8) is 0 Å². The molecule has 0 aromatic heterocycles. The Hall–Kier alpha value is -1.48. The third kappa shape index (κ3) is 5.11. The molecule has 4 rings (SSSR count). The van der Waals surface area contributed by atoms with Gasteiger partial charge < -0.3 is 20.7 Å². The van der Waals surface area contributed by atoms with E-state index < -0.39 is 0 Å². The summed E-state index contributed by atoms with van der Waals surface area (Å²) in [5, 5.41) is 3.38. The SMILES string of the molecule is I.NC(=NCC1CCN(c2ccc(Br)cc2)C1)NC1CCOc2ccccc21. The van der Waals surface area contributed by atoms with Gasteiger partial charge in [0.15, 0.2) is 5.96 Å². The molecule has 0 radical (unpaired) electrons. The average molecular weight is 557 g/mol. The number of aliphatic imine (C=N–C) groups is 1. The van der Waals surface area contributed by atoms with Crippen molar-refractivity contribution in [2.75, 3.05) is 31.1 Å². The molecule has 0 amide bonds. The lowest BCUT2D eigenvalue weighted by Crippen LogP contribution is -2.37. The number of rotatable bonds is 4. The Labute approximate surface area is 191 Å². The lowest BCUT2D eigenvalue weighted by atomic mass is 10.0. The molecule has 2 atom stereocenters. The van der Waals surface area contributed by atoms with Gasteiger partial charge in [-0.05, 0) is 42.7 Å². The van der Waals surface area contributed by atoms with Gasteiger partial charge in [-0.25, -0.2) is 0 Å². The minimum absolute atomic E-state index is 0. The van der Waals surface area contributed by atoms with E-state index in [1.807, 2.05) is 18.2 Å². The van der Waals surface area contributed by atoms with E-state index in [1.54, 1.807) is 0 Å². The molecule has 2 aliphatic rings. The predicted molar refractivity (Wildman–Crippen MR) is 129 cm³/mol. The molecule has 1 saturated heterocycles. The summed E-state index contributed by atoms with van der Waals surface area (Å²) >= 11 is 3.49. The first kappa shape index (κ1) is 21.2. The van der Waals surface area contributed by atoms with Gasteiger partial charge in [0.25, 0.3) is 0 Å². The quantitative estimate of drug-likeness (QED) is 0.334. The van der Waals surface area contributed by atoms with Gasteiger partial charge in [0.2, 0.25) is 0 Å². The molecule has 28 heavy (non-hydrogen) atoms. The molecule has 0 spiro atoms. The molecular formula is C21H26BrIN4O. The van der Waals surface area contributed by atoms with Gasteiger partial charge in [0.1, 0.15) is 5.75 Å². The minimum atomic E-state index is 0. The molecule has 2 aliphatic heterocycles. The number of hydrogen-bond acceptors (Lipinski definition) is 3. The van der Waals surface area contributed by atoms with Crippen LogP contribution in [-0.2, 0) is 0 Å². The molecule has 0 aliphatic carbocycles. The first-order valence-corrected chi connectivity index (χ1v) is 10.3. The smallest absolute Gasteiger partial charge is 0.189 e. The molecule has 7 heteroatoms. The van der Waals surface area contributed by atoms with E-state index in [9.17, 15) is 0 Å². The number of para-hydroxylation sites is 1. The Morgan fingerprint density at radius 3 is 2.79 bits per heavy atom. The molecule has 1 fully saturated rings. The number of nitrogens with one attached hydrogen (secondary N) is 1. The molecule has 150 valence electrons. The minimum Gasteiger partial charge on any atom is -0.493 e. The van der Waals surface area contributed by atoms with Crippen LogP contribution in [0, 0.1) is 5.92 Å². The number of guanidine groups is 1. The van der Waals surface area contributed by atoms with Crippen LogP contribution in [0.15, 0.2) is 58.0 Å². The van der Waals surface area contributed by atoms with Gasteiger partial charge in [0, 0.05) is 41.8 Å². The molecule has 0 saturated carbocycles. The first-order valence-electron chi connectivity index (χ1n) is 9.48. The molecule has 2 unspecified atom stereocenters. The van der Waals surface area contributed by atoms with Crippen LogP contribution in [0.1, 0.15) is 24.4 Å². The predicted octanol–water partition coefficient (Wildman–Crippen LogP) is 4.32. The number of ether oxygens (including phenoxy) is 1. The van der Waals surface area contributed by atoms with Crippen LogP contribution in [0.25, 0.3) is 0 Å². The van der Waals surface area contributed by atoms with Crippen LogP contribution >= 0.6 is 39.9 Å². The van der Waals surface area contributed by atoms with Crippen molar-refractivity contribution in [2.45, 2.75) is 18.9 Å². The summed E-state index contributed by atoms with van der Waals surface area (Å²) in [5.41, 5.74) is 8.61. The van der Waals surface area contributed by atoms with Crippen LogP contribution in [0.5, 0.6) is 5.75 Å². The van der Waals surface area contributed by atoms with E-state index in [0.717, 1.165) is 48.3 Å². The van der Waals surface area contributed by atoms with E-state index in [-0.39, 0.29) is 30.0 Å². The second-order valence-electron chi connectivity index (χ2n) is 7.17. The highest BCUT2D eigenvalue weighted by atomic mass is 127. The van der Waals surface area contributed by atoms with Gasteiger partial charge in [-0.3, -0.25) is 4.99 Å². The Bertz CT molecular complexity index is 814. The van der Waals surface area contributed by atoms with Crippen molar-refractivity contribution in [3.8, 4) is 5.75 Å². The number of halogens is 2. The normalized spacial score (nSPS) is 21.5. The molecular weight excluding hydrogens is 531 g/mol. The van der Waals surface area contributed by atoms with Gasteiger partial charge in [-0.2, -0.15) is 0 Å². The lowest BCUT2D eigenvalue weighted by molar-refractivity contribution is 0.262. The summed E-state index contributed by atoms with van der Waals surface area (Å²) in [7, 11) is 0. The Kier molecular flexibility index (Phi) is 7.45. The summed E-state index contributed by atoms with van der Waals surface area (Å²) in [4.78, 5) is 7.05. The van der Waals surface area contributed by atoms with E-state index in [2.05, 4.69) is 61.5 Å². The Morgan fingerprint density at radius 2 is 1.96 bits per heavy atom. The van der Waals surface area contributed by atoms with Crippen LogP contribution in [0.4, 0.5) is 5.69 Å². The number of nitrogens with two attached hydrogens (primary N) is 1. The van der Waals surface area contributed by atoms with Gasteiger partial charge in [-0.1, -0.05) is 34.1 Å². The highest BCUT2D eigenvalue weighted by Gasteiger charge is 2.24. The summed E-state index contributed by atoms with van der Waals surface area (Å²) in [6, 6.07) is 16.8. The fourth-order valence-electron chi connectivity index (χ4n) is 3.81. The van der Waals surface area contributed by atoms with Crippen molar-refractivity contribution in [3.05, 3.63) is 58.6 Å². The third-order valence-electron chi connectivity index (χ3n) is 5.28. The Balaban J connectivity index is 0.00000225. The number of anilines is 1. The molecule has 3 N–H and O–H groups in total. The van der Waals surface area contributed by atoms with Crippen molar-refractivity contribution in [1.82, 2.24) is 5.32 Å². The first-order chi connectivity index (χ1) is 13.2. The van der Waals surface area contributed by atoms with Crippen molar-refractivity contribution < 1.29 is 4.74 Å². The molecule has 0 bridgehead atoms. The average Bonchev–Trinajstić information content (AvgIpc) is 3.16. The Morgan fingerprint density at radius 1 is 1.18 bits per heavy atom. The molecule has 2 aromatic carbocycles. The van der Waals surface area contributed by atoms with Gasteiger partial charge in [-0.15, -0.1) is 24.0 Å². The second kappa shape index (κ2) is 9.82. The number of fused-ring (bicyclic) bond motifs is 1. The number of nitrogens with zero attached hydrogens (tertiary/aromatic N) is 2. The van der Waals surface area contributed by atoms with Crippen LogP contribution < -0.4 is 20.7 Å². The molecule has 5 nitrogen and oxygen atoms in total. The zero-order chi connectivity index (χ0) is 18.6. The highest BCUT2D eigenvalue weighted by molar-refractivity contribution is 14.0. The largest absolute Gasteiger partial charge is 0.493 e. The standard InChI is InChI=1S/C21H25BrN4O.HI/c22-16-5-7-17(8-6-16)26-11-9-15(14-26)13-24-21(23)25-19-10-12-27-20-4-2-1-3-18(19)20;/h1-8,15,19H,9-14H2,(H3,23,24,25);1H. The topological polar surface area (TPSA) is 62.9 Å². The maximum atomic E-state index is 6.18. The maximum absolute atomic E-state index is 6.18. The van der Waals surface area contributed by atoms with E-state index in [0.29, 0.717) is 18.5 Å². The fraction of sp³-hybridized carbons (Fsp3) is 0.381. The maximum Gasteiger partial charge on any atom is 0.189 e. The van der Waals surface area contributed by atoms with Gasteiger partial charge in [0.05, 0.1) is 12.6 Å². The summed E-state index contributed by atoms with van der Waals surface area (Å²) in [6.45, 7) is 3.56. The monoisotopic (exact) mass is 556 g/mol. The van der Waals surface area contributed by atoms with Crippen molar-refractivity contribution in [2.24, 2.45) is 16.6 Å². The fourth-order valence-corrected chi connectivity index (χ4v) is 4.08. The summed E-state index contributed by atoms with van der Waals surface area (Å²) in [6.07, 6.45) is 2.04. The van der Waals surface area contributed by atoms with Crippen molar-refractivity contribution in [1.29, 1.82) is 0 Å². The molecule has 2 heterocycles. The van der Waals surface area contributed by atoms with Crippen molar-refractivity contribution >= 4 is 51.6 Å². The summed E-state index contributed by atoms with van der Waals surface area (Å²) < 4.78 is 6.82. The van der Waals surface area contributed by atoms with E-state index in [1.165, 1.54) is 5.69 Å². The van der Waals surface area contributed by atoms with Crippen LogP contribution in [0.3, 0.4) is 0 Å².